The van der Waals surface area contributed by atoms with Gasteiger partial charge in [-0.2, -0.15) is 0 Å². The molecule has 2 rings (SSSR count). The van der Waals surface area contributed by atoms with E-state index in [1.807, 2.05) is 49.4 Å². The van der Waals surface area contributed by atoms with Crippen LogP contribution in [0.25, 0.3) is 0 Å². The van der Waals surface area contributed by atoms with Crippen molar-refractivity contribution in [1.29, 1.82) is 0 Å². The molecule has 2 aromatic carbocycles. The number of halogens is 3. The molecule has 0 unspecified atom stereocenters. The molecule has 8 heteroatoms. The summed E-state index contributed by atoms with van der Waals surface area (Å²) in [5.41, 5.74) is 2.13. The average Bonchev–Trinajstić information content (AvgIpc) is 2.68. The second kappa shape index (κ2) is 16.6. The van der Waals surface area contributed by atoms with Crippen molar-refractivity contribution in [3.05, 3.63) is 58.6 Å². The smallest absolute Gasteiger partial charge is 0.180 e. The summed E-state index contributed by atoms with van der Waals surface area (Å²) in [5.74, 6) is 1.25. The van der Waals surface area contributed by atoms with Crippen molar-refractivity contribution in [2.24, 2.45) is 0 Å². The molecule has 0 saturated heterocycles. The van der Waals surface area contributed by atoms with E-state index in [0.717, 1.165) is 30.6 Å². The molecule has 5 nitrogen and oxygen atoms in total. The van der Waals surface area contributed by atoms with Crippen molar-refractivity contribution < 1.29 is 14.6 Å². The van der Waals surface area contributed by atoms with E-state index in [9.17, 15) is 0 Å². The maximum atomic E-state index is 8.73. The van der Waals surface area contributed by atoms with E-state index in [1.165, 1.54) is 0 Å². The lowest BCUT2D eigenvalue weighted by atomic mass is 10.2. The van der Waals surface area contributed by atoms with Gasteiger partial charge in [-0.05, 0) is 49.7 Å². The number of ether oxygens (including phenoxy) is 2. The van der Waals surface area contributed by atoms with Gasteiger partial charge in [0.1, 0.15) is 6.61 Å². The second-order valence-electron chi connectivity index (χ2n) is 6.12. The summed E-state index contributed by atoms with van der Waals surface area (Å²) in [5, 5.41) is 15.8. The first kappa shape index (κ1) is 27.8. The largest absolute Gasteiger partial charge is 0.490 e. The zero-order valence-corrected chi connectivity index (χ0v) is 19.0. The Kier molecular flexibility index (Phi) is 15.9. The summed E-state index contributed by atoms with van der Waals surface area (Å²) < 4.78 is 11.7. The molecule has 0 amide bonds. The van der Waals surface area contributed by atoms with Crippen LogP contribution in [-0.4, -0.2) is 38.0 Å². The summed E-state index contributed by atoms with van der Waals surface area (Å²) in [6.07, 6.45) is 0.990. The molecular weight excluding hydrogens is 435 g/mol. The van der Waals surface area contributed by atoms with Crippen molar-refractivity contribution in [2.75, 3.05) is 32.8 Å². The second-order valence-corrected chi connectivity index (χ2v) is 6.52. The Bertz CT molecular complexity index is 676. The Labute approximate surface area is 191 Å². The number of nitrogens with one attached hydrogen (secondary N) is 2. The number of aliphatic hydroxyl groups is 1. The lowest BCUT2D eigenvalue weighted by Gasteiger charge is -2.16. The van der Waals surface area contributed by atoms with Gasteiger partial charge in [0.05, 0.1) is 18.2 Å². The van der Waals surface area contributed by atoms with Crippen LogP contribution in [0.2, 0.25) is 5.02 Å². The molecule has 0 spiro atoms. The Morgan fingerprint density at radius 2 is 1.66 bits per heavy atom. The molecule has 0 bridgehead atoms. The summed E-state index contributed by atoms with van der Waals surface area (Å²) in [6, 6.07) is 13.9. The van der Waals surface area contributed by atoms with Gasteiger partial charge in [-0.1, -0.05) is 41.9 Å². The monoisotopic (exact) mass is 464 g/mol. The molecule has 3 N–H and O–H groups in total. The highest BCUT2D eigenvalue weighted by atomic mass is 35.5. The van der Waals surface area contributed by atoms with Gasteiger partial charge in [0, 0.05) is 13.1 Å². The first-order valence-corrected chi connectivity index (χ1v) is 9.76. The quantitative estimate of drug-likeness (QED) is 0.387. The number of hydrogen-bond donors (Lipinski definition) is 3. The van der Waals surface area contributed by atoms with Gasteiger partial charge in [0.15, 0.2) is 11.5 Å². The van der Waals surface area contributed by atoms with Gasteiger partial charge in [-0.3, -0.25) is 0 Å². The fraction of sp³-hybridized carbons (Fsp3) is 0.429. The molecule has 0 aliphatic rings. The van der Waals surface area contributed by atoms with Gasteiger partial charge in [-0.25, -0.2) is 0 Å². The van der Waals surface area contributed by atoms with Gasteiger partial charge < -0.3 is 25.2 Å². The van der Waals surface area contributed by atoms with Crippen molar-refractivity contribution in [1.82, 2.24) is 10.6 Å². The molecule has 0 aliphatic heterocycles. The third-order valence-electron chi connectivity index (χ3n) is 3.92. The Morgan fingerprint density at radius 1 is 0.931 bits per heavy atom. The van der Waals surface area contributed by atoms with Gasteiger partial charge in [-0.15, -0.1) is 24.8 Å². The third kappa shape index (κ3) is 10.4. The highest BCUT2D eigenvalue weighted by Gasteiger charge is 2.13. The van der Waals surface area contributed by atoms with E-state index >= 15 is 0 Å². The highest BCUT2D eigenvalue weighted by molar-refractivity contribution is 6.32. The van der Waals surface area contributed by atoms with Crippen LogP contribution >= 0.6 is 36.4 Å². The predicted octanol–water partition coefficient (Wildman–Crippen LogP) is 4.22. The van der Waals surface area contributed by atoms with Crippen LogP contribution < -0.4 is 20.1 Å². The minimum Gasteiger partial charge on any atom is -0.490 e. The van der Waals surface area contributed by atoms with Gasteiger partial charge in [0.2, 0.25) is 0 Å². The van der Waals surface area contributed by atoms with Gasteiger partial charge >= 0.3 is 0 Å². The number of benzene rings is 2. The number of rotatable bonds is 13. The molecule has 0 saturated carbocycles. The molecular formula is C21H31Cl3N2O3. The van der Waals surface area contributed by atoms with E-state index in [-0.39, 0.29) is 31.4 Å². The van der Waals surface area contributed by atoms with Gasteiger partial charge in [0.25, 0.3) is 0 Å². The third-order valence-corrected chi connectivity index (χ3v) is 4.20. The molecule has 29 heavy (non-hydrogen) atoms. The minimum atomic E-state index is 0. The van der Waals surface area contributed by atoms with Crippen LogP contribution in [0.15, 0.2) is 42.5 Å². The molecule has 0 aliphatic carbocycles. The van der Waals surface area contributed by atoms with E-state index in [0.29, 0.717) is 42.8 Å². The van der Waals surface area contributed by atoms with E-state index in [4.69, 9.17) is 26.2 Å². The van der Waals surface area contributed by atoms with Crippen LogP contribution in [0.4, 0.5) is 0 Å². The predicted molar refractivity (Wildman–Crippen MR) is 124 cm³/mol. The van der Waals surface area contributed by atoms with Crippen LogP contribution in [0, 0.1) is 0 Å². The summed E-state index contributed by atoms with van der Waals surface area (Å²) >= 11 is 6.47. The van der Waals surface area contributed by atoms with E-state index < -0.39 is 0 Å². The molecule has 164 valence electrons. The van der Waals surface area contributed by atoms with Crippen LogP contribution in [-0.2, 0) is 13.2 Å². The van der Waals surface area contributed by atoms with Crippen molar-refractivity contribution in [2.45, 2.75) is 26.5 Å². The Balaban J connectivity index is 0.00000392. The van der Waals surface area contributed by atoms with E-state index in [2.05, 4.69) is 10.6 Å². The van der Waals surface area contributed by atoms with Crippen LogP contribution in [0.1, 0.15) is 24.5 Å². The Morgan fingerprint density at radius 3 is 2.34 bits per heavy atom. The topological polar surface area (TPSA) is 62.8 Å². The lowest BCUT2D eigenvalue weighted by Crippen LogP contribution is -2.23. The maximum absolute atomic E-state index is 8.73. The SMILES string of the molecule is CCOc1cc(CNCCCNCCO)cc(Cl)c1OCc1ccccc1.Cl.Cl. The van der Waals surface area contributed by atoms with Crippen LogP contribution in [0.5, 0.6) is 11.5 Å². The fourth-order valence-electron chi connectivity index (χ4n) is 2.63. The summed E-state index contributed by atoms with van der Waals surface area (Å²) in [4.78, 5) is 0. The number of hydrogen-bond acceptors (Lipinski definition) is 5. The minimum absolute atomic E-state index is 0. The van der Waals surface area contributed by atoms with E-state index in [1.54, 1.807) is 0 Å². The normalized spacial score (nSPS) is 10.0. The zero-order valence-electron chi connectivity index (χ0n) is 16.7. The van der Waals surface area contributed by atoms with Crippen molar-refractivity contribution >= 4 is 36.4 Å². The highest BCUT2D eigenvalue weighted by Crippen LogP contribution is 2.37. The standard InChI is InChI=1S/C21H29ClN2O3.2ClH/c1-2-26-20-14-18(15-24-10-6-9-23-11-12-25)13-19(22)21(20)27-16-17-7-4-3-5-8-17;;/h3-5,7-8,13-14,23-25H,2,6,9-12,15-16H2,1H3;2*1H. The average molecular weight is 466 g/mol. The summed E-state index contributed by atoms with van der Waals surface area (Å²) in [7, 11) is 0. The molecule has 0 atom stereocenters. The number of aliphatic hydroxyl groups excluding tert-OH is 1. The maximum Gasteiger partial charge on any atom is 0.180 e. The van der Waals surface area contributed by atoms with Crippen molar-refractivity contribution in [3.8, 4) is 11.5 Å². The molecule has 0 radical (unpaired) electrons. The zero-order chi connectivity index (χ0) is 19.3. The Hall–Kier alpha value is -1.21. The molecule has 0 aromatic heterocycles. The first-order chi connectivity index (χ1) is 13.2. The molecule has 0 heterocycles. The fourth-order valence-corrected chi connectivity index (χ4v) is 2.92. The summed E-state index contributed by atoms with van der Waals surface area (Å²) in [6.45, 7) is 6.21. The molecule has 0 fully saturated rings. The molecule has 2 aromatic rings. The van der Waals surface area contributed by atoms with Crippen LogP contribution in [0.3, 0.4) is 0 Å². The van der Waals surface area contributed by atoms with Crippen molar-refractivity contribution in [3.63, 3.8) is 0 Å². The first-order valence-electron chi connectivity index (χ1n) is 9.38. The lowest BCUT2D eigenvalue weighted by molar-refractivity contribution is 0.269.